The van der Waals surface area contributed by atoms with E-state index >= 15 is 0 Å². The standard InChI is InChI=1S/C15H20ClN3/c1-15(2)11-19(7-6-18(15)3)14-5-4-12(9-16)8-13(14)10-17/h4-5,8H,6-7,9,11H2,1-3H3. The molecule has 102 valence electrons. The summed E-state index contributed by atoms with van der Waals surface area (Å²) in [5, 5.41) is 9.32. The first-order chi connectivity index (χ1) is 8.97. The predicted molar refractivity (Wildman–Crippen MR) is 79.6 cm³/mol. The van der Waals surface area contributed by atoms with Crippen LogP contribution in [0.5, 0.6) is 0 Å². The van der Waals surface area contributed by atoms with Crippen molar-refractivity contribution in [2.75, 3.05) is 31.6 Å². The van der Waals surface area contributed by atoms with Gasteiger partial charge in [-0.05, 0) is 38.6 Å². The molecule has 4 heteroatoms. The fraction of sp³-hybridized carbons (Fsp3) is 0.533. The van der Waals surface area contributed by atoms with Gasteiger partial charge in [-0.15, -0.1) is 11.6 Å². The third kappa shape index (κ3) is 2.86. The molecule has 0 N–H and O–H groups in total. The summed E-state index contributed by atoms with van der Waals surface area (Å²) in [5.74, 6) is 0.448. The number of hydrogen-bond donors (Lipinski definition) is 0. The molecule has 3 nitrogen and oxygen atoms in total. The average Bonchev–Trinajstić information content (AvgIpc) is 2.41. The lowest BCUT2D eigenvalue weighted by atomic mass is 9.98. The maximum atomic E-state index is 9.32. The van der Waals surface area contributed by atoms with Crippen LogP contribution >= 0.6 is 11.6 Å². The molecule has 0 saturated carbocycles. The second-order valence-electron chi connectivity index (χ2n) is 5.75. The Labute approximate surface area is 120 Å². The molecule has 1 aliphatic rings. The van der Waals surface area contributed by atoms with Crippen molar-refractivity contribution in [2.24, 2.45) is 0 Å². The molecule has 0 bridgehead atoms. The van der Waals surface area contributed by atoms with Crippen molar-refractivity contribution in [1.29, 1.82) is 5.26 Å². The van der Waals surface area contributed by atoms with Crippen molar-refractivity contribution >= 4 is 17.3 Å². The molecule has 2 rings (SSSR count). The number of anilines is 1. The van der Waals surface area contributed by atoms with Crippen LogP contribution in [0.2, 0.25) is 0 Å². The van der Waals surface area contributed by atoms with E-state index < -0.39 is 0 Å². The van der Waals surface area contributed by atoms with Gasteiger partial charge in [0.15, 0.2) is 0 Å². The fourth-order valence-electron chi connectivity index (χ4n) is 2.48. The highest BCUT2D eigenvalue weighted by atomic mass is 35.5. The van der Waals surface area contributed by atoms with Crippen molar-refractivity contribution in [3.05, 3.63) is 29.3 Å². The van der Waals surface area contributed by atoms with E-state index in [1.807, 2.05) is 18.2 Å². The molecule has 1 aromatic rings. The lowest BCUT2D eigenvalue weighted by molar-refractivity contribution is 0.139. The Morgan fingerprint density at radius 1 is 1.37 bits per heavy atom. The SMILES string of the molecule is CN1CCN(c2ccc(CCl)cc2C#N)CC1(C)C. The van der Waals surface area contributed by atoms with Crippen LogP contribution in [0.1, 0.15) is 25.0 Å². The zero-order valence-electron chi connectivity index (χ0n) is 11.8. The van der Waals surface area contributed by atoms with Crippen LogP contribution in [0, 0.1) is 11.3 Å². The van der Waals surface area contributed by atoms with Gasteiger partial charge in [0.1, 0.15) is 6.07 Å². The molecule has 0 aromatic heterocycles. The van der Waals surface area contributed by atoms with E-state index in [-0.39, 0.29) is 5.54 Å². The van der Waals surface area contributed by atoms with Gasteiger partial charge < -0.3 is 4.90 Å². The smallest absolute Gasteiger partial charge is 0.101 e. The van der Waals surface area contributed by atoms with Crippen LogP contribution in [-0.2, 0) is 5.88 Å². The second kappa shape index (κ2) is 5.40. The molecule has 1 saturated heterocycles. The van der Waals surface area contributed by atoms with E-state index in [4.69, 9.17) is 11.6 Å². The number of rotatable bonds is 2. The van der Waals surface area contributed by atoms with E-state index in [1.165, 1.54) is 0 Å². The minimum atomic E-state index is 0.121. The molecule has 1 heterocycles. The maximum Gasteiger partial charge on any atom is 0.101 e. The Bertz CT molecular complexity index is 505. The topological polar surface area (TPSA) is 30.3 Å². The van der Waals surface area contributed by atoms with E-state index in [9.17, 15) is 5.26 Å². The highest BCUT2D eigenvalue weighted by Crippen LogP contribution is 2.28. The normalized spacial score (nSPS) is 19.2. The summed E-state index contributed by atoms with van der Waals surface area (Å²) in [5.41, 5.74) is 2.86. The largest absolute Gasteiger partial charge is 0.367 e. The van der Waals surface area contributed by atoms with Gasteiger partial charge >= 0.3 is 0 Å². The van der Waals surface area contributed by atoms with Gasteiger partial charge in [-0.25, -0.2) is 0 Å². The van der Waals surface area contributed by atoms with Gasteiger partial charge in [0, 0.05) is 31.1 Å². The van der Waals surface area contributed by atoms with Crippen LogP contribution in [0.15, 0.2) is 18.2 Å². The number of likely N-dealkylation sites (N-methyl/N-ethyl adjacent to an activating group) is 1. The molecular weight excluding hydrogens is 258 g/mol. The zero-order chi connectivity index (χ0) is 14.0. The van der Waals surface area contributed by atoms with Crippen LogP contribution in [0.4, 0.5) is 5.69 Å². The molecule has 0 amide bonds. The third-order valence-corrected chi connectivity index (χ3v) is 4.30. The number of hydrogen-bond acceptors (Lipinski definition) is 3. The highest BCUT2D eigenvalue weighted by Gasteiger charge is 2.31. The summed E-state index contributed by atoms with van der Waals surface area (Å²) >= 11 is 5.83. The first kappa shape index (κ1) is 14.2. The number of nitriles is 1. The van der Waals surface area contributed by atoms with E-state index in [0.29, 0.717) is 5.88 Å². The first-order valence-electron chi connectivity index (χ1n) is 6.53. The molecular formula is C15H20ClN3. The van der Waals surface area contributed by atoms with Crippen LogP contribution in [0.3, 0.4) is 0 Å². The van der Waals surface area contributed by atoms with Crippen molar-refractivity contribution < 1.29 is 0 Å². The minimum absolute atomic E-state index is 0.121. The number of nitrogens with zero attached hydrogens (tertiary/aromatic N) is 3. The lowest BCUT2D eigenvalue weighted by Crippen LogP contribution is -2.57. The van der Waals surface area contributed by atoms with Crippen LogP contribution in [-0.4, -0.2) is 37.1 Å². The van der Waals surface area contributed by atoms with E-state index in [1.54, 1.807) is 0 Å². The van der Waals surface area contributed by atoms with Crippen LogP contribution in [0.25, 0.3) is 0 Å². The summed E-state index contributed by atoms with van der Waals surface area (Å²) < 4.78 is 0. The summed E-state index contributed by atoms with van der Waals surface area (Å²) in [7, 11) is 2.15. The molecule has 1 aliphatic heterocycles. The molecule has 0 unspecified atom stereocenters. The maximum absolute atomic E-state index is 9.32. The van der Waals surface area contributed by atoms with E-state index in [2.05, 4.69) is 36.8 Å². The average molecular weight is 278 g/mol. The number of benzene rings is 1. The van der Waals surface area contributed by atoms with Crippen LogP contribution < -0.4 is 4.90 Å². The van der Waals surface area contributed by atoms with Gasteiger partial charge in [0.25, 0.3) is 0 Å². The molecule has 0 spiro atoms. The molecule has 0 atom stereocenters. The van der Waals surface area contributed by atoms with Gasteiger partial charge in [-0.2, -0.15) is 5.26 Å². The quantitative estimate of drug-likeness (QED) is 0.779. The number of alkyl halides is 1. The van der Waals surface area contributed by atoms with Gasteiger partial charge in [0.05, 0.1) is 11.3 Å². The first-order valence-corrected chi connectivity index (χ1v) is 7.06. The lowest BCUT2D eigenvalue weighted by Gasteiger charge is -2.46. The summed E-state index contributed by atoms with van der Waals surface area (Å²) in [6.45, 7) is 7.36. The summed E-state index contributed by atoms with van der Waals surface area (Å²) in [6.07, 6.45) is 0. The Kier molecular flexibility index (Phi) is 4.03. The monoisotopic (exact) mass is 277 g/mol. The Balaban J connectivity index is 2.30. The van der Waals surface area contributed by atoms with Crippen molar-refractivity contribution in [3.8, 4) is 6.07 Å². The van der Waals surface area contributed by atoms with Gasteiger partial charge in [-0.3, -0.25) is 4.90 Å². The Hall–Kier alpha value is -1.24. The predicted octanol–water partition coefficient (Wildman–Crippen LogP) is 2.83. The Morgan fingerprint density at radius 3 is 2.68 bits per heavy atom. The van der Waals surface area contributed by atoms with Gasteiger partial charge in [0.2, 0.25) is 0 Å². The minimum Gasteiger partial charge on any atom is -0.367 e. The summed E-state index contributed by atoms with van der Waals surface area (Å²) in [6, 6.07) is 8.22. The zero-order valence-corrected chi connectivity index (χ0v) is 12.5. The number of piperazine rings is 1. The highest BCUT2D eigenvalue weighted by molar-refractivity contribution is 6.17. The second-order valence-corrected chi connectivity index (χ2v) is 6.02. The van der Waals surface area contributed by atoms with Crippen molar-refractivity contribution in [2.45, 2.75) is 25.3 Å². The fourth-order valence-corrected chi connectivity index (χ4v) is 2.64. The summed E-state index contributed by atoms with van der Waals surface area (Å²) in [4.78, 5) is 4.67. The van der Waals surface area contributed by atoms with Gasteiger partial charge in [-0.1, -0.05) is 6.07 Å². The van der Waals surface area contributed by atoms with Crippen molar-refractivity contribution in [3.63, 3.8) is 0 Å². The Morgan fingerprint density at radius 2 is 2.11 bits per heavy atom. The van der Waals surface area contributed by atoms with E-state index in [0.717, 1.165) is 36.4 Å². The molecule has 1 fully saturated rings. The van der Waals surface area contributed by atoms with Crippen molar-refractivity contribution in [1.82, 2.24) is 4.90 Å². The molecule has 0 aliphatic carbocycles. The molecule has 19 heavy (non-hydrogen) atoms. The number of halogens is 1. The molecule has 1 aromatic carbocycles. The third-order valence-electron chi connectivity index (χ3n) is 3.99. The molecule has 0 radical (unpaired) electrons.